The van der Waals surface area contributed by atoms with Crippen LogP contribution >= 0.6 is 0 Å². The molecule has 0 spiro atoms. The minimum absolute atomic E-state index is 0.0288. The average molecular weight is 339 g/mol. The molecule has 2 aromatic rings. The third-order valence-electron chi connectivity index (χ3n) is 4.67. The Balaban J connectivity index is 1.81. The number of nitrogens with zero attached hydrogens (tertiary/aromatic N) is 5. The van der Waals surface area contributed by atoms with E-state index in [1.807, 2.05) is 29.2 Å². The first-order valence-corrected chi connectivity index (χ1v) is 8.24. The van der Waals surface area contributed by atoms with Crippen molar-refractivity contribution in [2.24, 2.45) is 14.1 Å². The number of rotatable bonds is 3. The fraction of sp³-hybridized carbons (Fsp3) is 0.389. The summed E-state index contributed by atoms with van der Waals surface area (Å²) in [6.45, 7) is 3.82. The highest BCUT2D eigenvalue weighted by Crippen LogP contribution is 2.18. The predicted octanol–water partition coefficient (Wildman–Crippen LogP) is 0.278. The first-order valence-electron chi connectivity index (χ1n) is 8.24. The van der Waals surface area contributed by atoms with Crippen LogP contribution in [0.3, 0.4) is 0 Å². The van der Waals surface area contributed by atoms with Crippen LogP contribution in [-0.2, 0) is 20.6 Å². The molecule has 7 heteroatoms. The summed E-state index contributed by atoms with van der Waals surface area (Å²) in [6.07, 6.45) is 0. The predicted molar refractivity (Wildman–Crippen MR) is 95.6 cm³/mol. The van der Waals surface area contributed by atoms with Crippen molar-refractivity contribution >= 4 is 5.82 Å². The van der Waals surface area contributed by atoms with Crippen molar-refractivity contribution in [2.75, 3.05) is 31.1 Å². The number of aromatic nitrogens is 2. The number of nitriles is 1. The van der Waals surface area contributed by atoms with Crippen LogP contribution < -0.4 is 16.1 Å². The van der Waals surface area contributed by atoms with Crippen LogP contribution in [0.15, 0.2) is 39.9 Å². The third-order valence-corrected chi connectivity index (χ3v) is 4.67. The van der Waals surface area contributed by atoms with Gasteiger partial charge in [0.1, 0.15) is 11.9 Å². The highest BCUT2D eigenvalue weighted by atomic mass is 16.2. The van der Waals surface area contributed by atoms with E-state index in [4.69, 9.17) is 0 Å². The van der Waals surface area contributed by atoms with Crippen molar-refractivity contribution < 1.29 is 0 Å². The number of hydrogen-bond donors (Lipinski definition) is 0. The Labute approximate surface area is 145 Å². The largest absolute Gasteiger partial charge is 0.354 e. The van der Waals surface area contributed by atoms with Crippen LogP contribution in [-0.4, -0.2) is 40.2 Å². The summed E-state index contributed by atoms with van der Waals surface area (Å²) >= 11 is 0. The van der Waals surface area contributed by atoms with E-state index >= 15 is 0 Å². The number of anilines is 1. The van der Waals surface area contributed by atoms with Gasteiger partial charge in [-0.2, -0.15) is 5.26 Å². The Morgan fingerprint density at radius 1 is 1.00 bits per heavy atom. The van der Waals surface area contributed by atoms with E-state index in [-0.39, 0.29) is 5.56 Å². The average Bonchev–Trinajstić information content (AvgIpc) is 2.64. The molecule has 1 aromatic carbocycles. The van der Waals surface area contributed by atoms with Gasteiger partial charge in [0.15, 0.2) is 5.56 Å². The Morgan fingerprint density at radius 2 is 1.64 bits per heavy atom. The molecule has 0 aliphatic carbocycles. The maximum atomic E-state index is 12.2. The number of benzene rings is 1. The summed E-state index contributed by atoms with van der Waals surface area (Å²) in [5.41, 5.74) is 0.341. The molecule has 0 saturated carbocycles. The molecule has 1 aromatic heterocycles. The van der Waals surface area contributed by atoms with E-state index in [9.17, 15) is 14.9 Å². The van der Waals surface area contributed by atoms with E-state index in [2.05, 4.69) is 17.0 Å². The molecule has 130 valence electrons. The van der Waals surface area contributed by atoms with E-state index < -0.39 is 11.2 Å². The molecule has 1 fully saturated rings. The molecule has 0 N–H and O–H groups in total. The van der Waals surface area contributed by atoms with E-state index in [1.165, 1.54) is 17.2 Å². The standard InChI is InChI=1S/C18H21N5O2/c1-20-16(15(12-19)17(24)21(2)18(20)25)23-10-8-22(9-11-23)13-14-6-4-3-5-7-14/h3-7H,8-11,13H2,1-2H3. The van der Waals surface area contributed by atoms with Gasteiger partial charge in [0.2, 0.25) is 0 Å². The lowest BCUT2D eigenvalue weighted by molar-refractivity contribution is 0.248. The molecular formula is C18H21N5O2. The van der Waals surface area contributed by atoms with Crippen molar-refractivity contribution in [3.05, 3.63) is 62.3 Å². The van der Waals surface area contributed by atoms with Crippen molar-refractivity contribution in [1.29, 1.82) is 5.26 Å². The molecule has 0 radical (unpaired) electrons. The Bertz CT molecular complexity index is 915. The monoisotopic (exact) mass is 339 g/mol. The molecule has 0 atom stereocenters. The Hall–Kier alpha value is -2.85. The molecule has 2 heterocycles. The van der Waals surface area contributed by atoms with Gasteiger partial charge in [0.05, 0.1) is 0 Å². The summed E-state index contributed by atoms with van der Waals surface area (Å²) in [5.74, 6) is 0.426. The normalized spacial score (nSPS) is 15.2. The van der Waals surface area contributed by atoms with Gasteiger partial charge in [-0.1, -0.05) is 30.3 Å². The van der Waals surface area contributed by atoms with Gasteiger partial charge in [0, 0.05) is 46.8 Å². The fourth-order valence-corrected chi connectivity index (χ4v) is 3.26. The second-order valence-electron chi connectivity index (χ2n) is 6.26. The van der Waals surface area contributed by atoms with E-state index in [1.54, 1.807) is 7.05 Å². The molecule has 1 aliphatic heterocycles. The van der Waals surface area contributed by atoms with Gasteiger partial charge in [-0.3, -0.25) is 18.8 Å². The summed E-state index contributed by atoms with van der Waals surface area (Å²) in [5, 5.41) is 9.40. The molecule has 0 bridgehead atoms. The second kappa shape index (κ2) is 6.95. The number of hydrogen-bond acceptors (Lipinski definition) is 5. The Morgan fingerprint density at radius 3 is 2.24 bits per heavy atom. The van der Waals surface area contributed by atoms with Crippen LogP contribution in [0.1, 0.15) is 11.1 Å². The van der Waals surface area contributed by atoms with Gasteiger partial charge >= 0.3 is 5.69 Å². The molecule has 1 saturated heterocycles. The highest BCUT2D eigenvalue weighted by Gasteiger charge is 2.24. The molecule has 0 amide bonds. The SMILES string of the molecule is Cn1c(N2CCN(Cc3ccccc3)CC2)c(C#N)c(=O)n(C)c1=O. The highest BCUT2D eigenvalue weighted by molar-refractivity contribution is 5.53. The maximum absolute atomic E-state index is 12.2. The van der Waals surface area contributed by atoms with Crippen molar-refractivity contribution in [3.63, 3.8) is 0 Å². The zero-order valence-corrected chi connectivity index (χ0v) is 14.5. The second-order valence-corrected chi connectivity index (χ2v) is 6.26. The van der Waals surface area contributed by atoms with Crippen LogP contribution in [0, 0.1) is 11.3 Å². The third kappa shape index (κ3) is 3.21. The molecule has 1 aliphatic rings. The first kappa shape index (κ1) is 17.0. The topological polar surface area (TPSA) is 74.3 Å². The first-order chi connectivity index (χ1) is 12.0. The van der Waals surface area contributed by atoms with E-state index in [0.29, 0.717) is 18.9 Å². The molecule has 25 heavy (non-hydrogen) atoms. The summed E-state index contributed by atoms with van der Waals surface area (Å²) < 4.78 is 2.38. The van der Waals surface area contributed by atoms with Crippen molar-refractivity contribution in [1.82, 2.24) is 14.0 Å². The van der Waals surface area contributed by atoms with Crippen LogP contribution in [0.4, 0.5) is 5.82 Å². The van der Waals surface area contributed by atoms with Crippen molar-refractivity contribution in [3.8, 4) is 6.07 Å². The van der Waals surface area contributed by atoms with Gasteiger partial charge in [-0.05, 0) is 5.56 Å². The number of piperazine rings is 1. The summed E-state index contributed by atoms with van der Waals surface area (Å²) in [6, 6.07) is 12.2. The molecule has 0 unspecified atom stereocenters. The molecule has 7 nitrogen and oxygen atoms in total. The quantitative estimate of drug-likeness (QED) is 0.803. The fourth-order valence-electron chi connectivity index (χ4n) is 3.26. The minimum atomic E-state index is -0.535. The lowest BCUT2D eigenvalue weighted by atomic mass is 10.2. The maximum Gasteiger partial charge on any atom is 0.332 e. The van der Waals surface area contributed by atoms with Crippen LogP contribution in [0.5, 0.6) is 0 Å². The van der Waals surface area contributed by atoms with Crippen LogP contribution in [0.25, 0.3) is 0 Å². The smallest absolute Gasteiger partial charge is 0.332 e. The minimum Gasteiger partial charge on any atom is -0.354 e. The lowest BCUT2D eigenvalue weighted by Crippen LogP contribution is -2.50. The summed E-state index contributed by atoms with van der Waals surface area (Å²) in [7, 11) is 3.00. The van der Waals surface area contributed by atoms with E-state index in [0.717, 1.165) is 24.2 Å². The van der Waals surface area contributed by atoms with Gasteiger partial charge < -0.3 is 4.90 Å². The molecular weight excluding hydrogens is 318 g/mol. The lowest BCUT2D eigenvalue weighted by Gasteiger charge is -2.36. The Kier molecular flexibility index (Phi) is 4.72. The zero-order chi connectivity index (χ0) is 18.0. The summed E-state index contributed by atoms with van der Waals surface area (Å²) in [4.78, 5) is 28.7. The van der Waals surface area contributed by atoms with Gasteiger partial charge in [0.25, 0.3) is 5.56 Å². The van der Waals surface area contributed by atoms with Crippen molar-refractivity contribution in [2.45, 2.75) is 6.54 Å². The molecule has 3 rings (SSSR count). The van der Waals surface area contributed by atoms with Gasteiger partial charge in [-0.15, -0.1) is 0 Å². The van der Waals surface area contributed by atoms with Crippen LogP contribution in [0.2, 0.25) is 0 Å². The van der Waals surface area contributed by atoms with Gasteiger partial charge in [-0.25, -0.2) is 4.79 Å². The zero-order valence-electron chi connectivity index (χ0n) is 14.5.